The van der Waals surface area contributed by atoms with E-state index in [9.17, 15) is 4.79 Å². The zero-order valence-electron chi connectivity index (χ0n) is 14.9. The van der Waals surface area contributed by atoms with Gasteiger partial charge in [0.15, 0.2) is 0 Å². The number of benzene rings is 1. The number of halogens is 1. The predicted octanol–water partition coefficient (Wildman–Crippen LogP) is 4.28. The van der Waals surface area contributed by atoms with E-state index >= 15 is 0 Å². The van der Waals surface area contributed by atoms with Crippen molar-refractivity contribution in [2.75, 3.05) is 13.2 Å². The number of amides is 1. The van der Waals surface area contributed by atoms with E-state index in [-0.39, 0.29) is 5.91 Å². The number of carbonyl (C=O) groups excluding carboxylic acids is 1. The van der Waals surface area contributed by atoms with E-state index in [0.29, 0.717) is 42.7 Å². The predicted molar refractivity (Wildman–Crippen MR) is 105 cm³/mol. The molecule has 2 heterocycles. The zero-order valence-corrected chi connectivity index (χ0v) is 16.5. The Balaban J connectivity index is 1.32. The van der Waals surface area contributed by atoms with E-state index in [1.807, 2.05) is 36.6 Å². The van der Waals surface area contributed by atoms with Crippen LogP contribution in [0.1, 0.15) is 24.3 Å². The maximum absolute atomic E-state index is 11.9. The molecule has 2 aromatic heterocycles. The van der Waals surface area contributed by atoms with Crippen molar-refractivity contribution in [3.8, 4) is 16.5 Å². The summed E-state index contributed by atoms with van der Waals surface area (Å²) in [5, 5.41) is 9.45. The van der Waals surface area contributed by atoms with Gasteiger partial charge in [-0.05, 0) is 48.6 Å². The monoisotopic (exact) mass is 405 g/mol. The van der Waals surface area contributed by atoms with Crippen LogP contribution < -0.4 is 10.1 Å². The van der Waals surface area contributed by atoms with Crippen LogP contribution in [0.15, 0.2) is 40.2 Å². The lowest BCUT2D eigenvalue weighted by atomic mass is 10.2. The summed E-state index contributed by atoms with van der Waals surface area (Å²) in [4.78, 5) is 17.2. The van der Waals surface area contributed by atoms with Crippen LogP contribution in [0, 0.1) is 6.92 Å². The van der Waals surface area contributed by atoms with Crippen LogP contribution in [0.25, 0.3) is 10.7 Å². The molecule has 3 aromatic rings. The average molecular weight is 406 g/mol. The highest BCUT2D eigenvalue weighted by Gasteiger charge is 2.11. The van der Waals surface area contributed by atoms with Gasteiger partial charge in [-0.15, -0.1) is 11.3 Å². The van der Waals surface area contributed by atoms with Crippen LogP contribution in [0.5, 0.6) is 5.75 Å². The summed E-state index contributed by atoms with van der Waals surface area (Å²) in [5.41, 5.74) is 0.994. The molecule has 0 unspecified atom stereocenters. The van der Waals surface area contributed by atoms with Crippen LogP contribution in [0.2, 0.25) is 5.02 Å². The molecular formula is C19H20ClN3O3S. The minimum atomic E-state index is -0.0476. The fraction of sp³-hybridized carbons (Fsp3) is 0.316. The Hall–Kier alpha value is -2.38. The van der Waals surface area contributed by atoms with E-state index in [2.05, 4.69) is 15.5 Å². The Morgan fingerprint density at radius 2 is 2.26 bits per heavy atom. The van der Waals surface area contributed by atoms with Crippen molar-refractivity contribution >= 4 is 28.8 Å². The second-order valence-electron chi connectivity index (χ2n) is 5.95. The molecule has 3 rings (SSSR count). The van der Waals surface area contributed by atoms with Gasteiger partial charge >= 0.3 is 0 Å². The molecule has 1 amide bonds. The standard InChI is InChI=1S/C19H20ClN3O3S/c1-13-12-14(20)5-6-15(13)25-10-3-9-21-17(24)7-8-18-22-19(23-26-18)16-4-2-11-27-16/h2,4-6,11-12H,3,7-10H2,1H3,(H,21,24). The lowest BCUT2D eigenvalue weighted by Gasteiger charge is -2.09. The molecule has 142 valence electrons. The van der Waals surface area contributed by atoms with E-state index in [1.165, 1.54) is 0 Å². The number of hydrogen-bond acceptors (Lipinski definition) is 6. The normalized spacial score (nSPS) is 10.7. The van der Waals surface area contributed by atoms with Crippen molar-refractivity contribution in [1.82, 2.24) is 15.5 Å². The first-order valence-electron chi connectivity index (χ1n) is 8.64. The second-order valence-corrected chi connectivity index (χ2v) is 7.33. The third-order valence-corrected chi connectivity index (χ3v) is 4.91. The van der Waals surface area contributed by atoms with E-state index in [0.717, 1.165) is 22.6 Å². The van der Waals surface area contributed by atoms with Crippen molar-refractivity contribution < 1.29 is 14.1 Å². The second kappa shape index (κ2) is 9.53. The molecule has 1 N–H and O–H groups in total. The van der Waals surface area contributed by atoms with Gasteiger partial charge in [-0.25, -0.2) is 0 Å². The summed E-state index contributed by atoms with van der Waals surface area (Å²) in [6, 6.07) is 9.37. The smallest absolute Gasteiger partial charge is 0.227 e. The Bertz CT molecular complexity index is 880. The molecule has 6 nitrogen and oxygen atoms in total. The highest BCUT2D eigenvalue weighted by atomic mass is 35.5. The molecule has 0 spiro atoms. The summed E-state index contributed by atoms with van der Waals surface area (Å²) in [5.74, 6) is 1.79. The van der Waals surface area contributed by atoms with Crippen molar-refractivity contribution in [2.24, 2.45) is 0 Å². The molecule has 0 radical (unpaired) electrons. The van der Waals surface area contributed by atoms with Gasteiger partial charge in [-0.3, -0.25) is 4.79 Å². The number of rotatable bonds is 9. The molecule has 0 fully saturated rings. The lowest BCUT2D eigenvalue weighted by Crippen LogP contribution is -2.25. The van der Waals surface area contributed by atoms with Crippen molar-refractivity contribution in [1.29, 1.82) is 0 Å². The van der Waals surface area contributed by atoms with Gasteiger partial charge in [0.25, 0.3) is 0 Å². The molecule has 0 saturated heterocycles. The minimum absolute atomic E-state index is 0.0476. The van der Waals surface area contributed by atoms with Gasteiger partial charge in [-0.1, -0.05) is 22.8 Å². The summed E-state index contributed by atoms with van der Waals surface area (Å²) in [6.07, 6.45) is 1.45. The number of nitrogens with zero attached hydrogens (tertiary/aromatic N) is 2. The topological polar surface area (TPSA) is 77.2 Å². The molecule has 0 saturated carbocycles. The molecule has 0 bridgehead atoms. The SMILES string of the molecule is Cc1cc(Cl)ccc1OCCCNC(=O)CCc1nc(-c2cccs2)no1. The Kier molecular flexibility index (Phi) is 6.84. The van der Waals surface area contributed by atoms with Gasteiger partial charge < -0.3 is 14.6 Å². The lowest BCUT2D eigenvalue weighted by molar-refractivity contribution is -0.121. The van der Waals surface area contributed by atoms with Gasteiger partial charge in [0.2, 0.25) is 17.6 Å². The van der Waals surface area contributed by atoms with Crippen LogP contribution in [-0.2, 0) is 11.2 Å². The van der Waals surface area contributed by atoms with Crippen LogP contribution >= 0.6 is 22.9 Å². The molecule has 0 atom stereocenters. The zero-order chi connectivity index (χ0) is 19.1. The van der Waals surface area contributed by atoms with Crippen molar-refractivity contribution in [3.63, 3.8) is 0 Å². The highest BCUT2D eigenvalue weighted by molar-refractivity contribution is 7.13. The van der Waals surface area contributed by atoms with Crippen LogP contribution in [-0.4, -0.2) is 29.2 Å². The first-order valence-corrected chi connectivity index (χ1v) is 9.89. The largest absolute Gasteiger partial charge is 0.493 e. The maximum atomic E-state index is 11.9. The van der Waals surface area contributed by atoms with E-state index in [4.69, 9.17) is 20.9 Å². The van der Waals surface area contributed by atoms with Gasteiger partial charge in [-0.2, -0.15) is 4.98 Å². The molecule has 0 aliphatic carbocycles. The van der Waals surface area contributed by atoms with E-state index in [1.54, 1.807) is 17.4 Å². The minimum Gasteiger partial charge on any atom is -0.493 e. The molecule has 8 heteroatoms. The molecular weight excluding hydrogens is 386 g/mol. The molecule has 27 heavy (non-hydrogen) atoms. The number of thiophene rings is 1. The fourth-order valence-corrected chi connectivity index (χ4v) is 3.30. The van der Waals surface area contributed by atoms with Crippen LogP contribution in [0.3, 0.4) is 0 Å². The molecule has 0 aliphatic heterocycles. The summed E-state index contributed by atoms with van der Waals surface area (Å²) >= 11 is 7.47. The number of aryl methyl sites for hydroxylation is 2. The van der Waals surface area contributed by atoms with Gasteiger partial charge in [0.1, 0.15) is 5.75 Å². The first kappa shape index (κ1) is 19.4. The third-order valence-electron chi connectivity index (χ3n) is 3.81. The van der Waals surface area contributed by atoms with Gasteiger partial charge in [0.05, 0.1) is 11.5 Å². The first-order chi connectivity index (χ1) is 13.1. The number of ether oxygens (including phenoxy) is 1. The molecule has 0 aliphatic rings. The van der Waals surface area contributed by atoms with E-state index < -0.39 is 0 Å². The number of hydrogen-bond donors (Lipinski definition) is 1. The number of nitrogens with one attached hydrogen (secondary N) is 1. The summed E-state index contributed by atoms with van der Waals surface area (Å²) < 4.78 is 10.9. The summed E-state index contributed by atoms with van der Waals surface area (Å²) in [7, 11) is 0. The fourth-order valence-electron chi connectivity index (χ4n) is 2.43. The number of carbonyl (C=O) groups is 1. The maximum Gasteiger partial charge on any atom is 0.227 e. The molecule has 1 aromatic carbocycles. The Labute approximate surface area is 166 Å². The van der Waals surface area contributed by atoms with Crippen LogP contribution in [0.4, 0.5) is 0 Å². The quantitative estimate of drug-likeness (QED) is 0.537. The number of aromatic nitrogens is 2. The Morgan fingerprint density at radius 3 is 3.04 bits per heavy atom. The van der Waals surface area contributed by atoms with Crippen molar-refractivity contribution in [3.05, 3.63) is 52.2 Å². The highest BCUT2D eigenvalue weighted by Crippen LogP contribution is 2.22. The Morgan fingerprint density at radius 1 is 1.37 bits per heavy atom. The van der Waals surface area contributed by atoms with Gasteiger partial charge in [0, 0.05) is 24.4 Å². The summed E-state index contributed by atoms with van der Waals surface area (Å²) in [6.45, 7) is 3.02. The average Bonchev–Trinajstić information content (AvgIpc) is 3.32. The van der Waals surface area contributed by atoms with Crippen molar-refractivity contribution in [2.45, 2.75) is 26.2 Å². The third kappa shape index (κ3) is 5.80.